The second-order valence-corrected chi connectivity index (χ2v) is 10.5. The van der Waals surface area contributed by atoms with Crippen LogP contribution < -0.4 is 15.0 Å². The van der Waals surface area contributed by atoms with E-state index in [0.29, 0.717) is 43.1 Å². The number of rotatable bonds is 11. The van der Waals surface area contributed by atoms with Crippen molar-refractivity contribution in [2.75, 3.05) is 44.4 Å². The van der Waals surface area contributed by atoms with Gasteiger partial charge in [-0.15, -0.1) is 0 Å². The highest BCUT2D eigenvalue weighted by atomic mass is 35.5. The van der Waals surface area contributed by atoms with Gasteiger partial charge in [-0.1, -0.05) is 18.5 Å². The van der Waals surface area contributed by atoms with Crippen molar-refractivity contribution in [2.24, 2.45) is 0 Å². The average Bonchev–Trinajstić information content (AvgIpc) is 2.97. The van der Waals surface area contributed by atoms with E-state index in [9.17, 15) is 22.4 Å². The molecular formula is C30H30ClF4N7O2. The second kappa shape index (κ2) is 14.0. The number of amides is 1. The Morgan fingerprint density at radius 2 is 1.82 bits per heavy atom. The molecule has 2 aromatic carbocycles. The molecule has 4 aromatic rings. The van der Waals surface area contributed by atoms with E-state index < -0.39 is 29.0 Å². The van der Waals surface area contributed by atoms with Gasteiger partial charge in [0.05, 0.1) is 33.1 Å². The Morgan fingerprint density at radius 1 is 1.05 bits per heavy atom. The Labute approximate surface area is 256 Å². The van der Waals surface area contributed by atoms with Crippen molar-refractivity contribution in [3.8, 4) is 23.0 Å². The van der Waals surface area contributed by atoms with Crippen LogP contribution in [-0.2, 0) is 12.6 Å². The molecule has 1 amide bonds. The normalized spacial score (nSPS) is 11.5. The first kappa shape index (κ1) is 32.6. The van der Waals surface area contributed by atoms with E-state index in [1.54, 1.807) is 24.1 Å². The summed E-state index contributed by atoms with van der Waals surface area (Å²) in [5.41, 5.74) is -1.15. The average molecular weight is 632 g/mol. The Bertz CT molecular complexity index is 1640. The smallest absolute Gasteiger partial charge is 0.416 e. The molecule has 0 atom stereocenters. The highest BCUT2D eigenvalue weighted by Crippen LogP contribution is 2.41. The molecule has 0 aliphatic rings. The van der Waals surface area contributed by atoms with Crippen LogP contribution in [0.15, 0.2) is 55.0 Å². The predicted octanol–water partition coefficient (Wildman–Crippen LogP) is 6.74. The number of halogens is 5. The fourth-order valence-corrected chi connectivity index (χ4v) is 4.66. The van der Waals surface area contributed by atoms with Gasteiger partial charge in [0, 0.05) is 26.2 Å². The fraction of sp³-hybridized carbons (Fsp3) is 0.300. The molecule has 14 heteroatoms. The molecule has 0 bridgehead atoms. The maximum Gasteiger partial charge on any atom is 0.416 e. The molecular weight excluding hydrogens is 602 g/mol. The lowest BCUT2D eigenvalue weighted by Crippen LogP contribution is -2.25. The van der Waals surface area contributed by atoms with Gasteiger partial charge in [-0.3, -0.25) is 4.79 Å². The van der Waals surface area contributed by atoms with Gasteiger partial charge in [0.2, 0.25) is 5.88 Å². The summed E-state index contributed by atoms with van der Waals surface area (Å²) in [6.07, 6.45) is -0.645. The molecule has 0 fully saturated rings. The Morgan fingerprint density at radius 3 is 2.52 bits per heavy atom. The minimum Gasteiger partial charge on any atom is -0.438 e. The molecule has 2 aromatic heterocycles. The number of anilines is 2. The van der Waals surface area contributed by atoms with Gasteiger partial charge in [0.25, 0.3) is 5.91 Å². The summed E-state index contributed by atoms with van der Waals surface area (Å²) in [5.74, 6) is -0.918. The SMILES string of the molecule is CCc1ncnc(-c2cccnc2Oc2ccc(F)c(C(=O)Nc3cc(C(F)(F)F)cc(Cl)c3N(C)CCCN(C)C)c2)n1. The zero-order chi connectivity index (χ0) is 32.0. The molecule has 2 heterocycles. The standard InChI is InChI=1S/C30H30ClF4N7O2/c1-5-25-37-17-38-27(40-25)20-8-6-11-36-29(20)44-19-9-10-23(32)21(16-19)28(43)39-24-15-18(30(33,34)35)14-22(31)26(24)42(4)13-7-12-41(2)3/h6,8-11,14-17H,5,7,12-13H2,1-4H3,(H,39,43). The highest BCUT2D eigenvalue weighted by Gasteiger charge is 2.33. The molecule has 44 heavy (non-hydrogen) atoms. The maximum atomic E-state index is 15.0. The summed E-state index contributed by atoms with van der Waals surface area (Å²) >= 11 is 6.32. The topological polar surface area (TPSA) is 96.4 Å². The van der Waals surface area contributed by atoms with Crippen molar-refractivity contribution < 1.29 is 27.1 Å². The Kier molecular flexibility index (Phi) is 10.3. The third kappa shape index (κ3) is 7.97. The Balaban J connectivity index is 1.65. The van der Waals surface area contributed by atoms with Crippen molar-refractivity contribution in [1.82, 2.24) is 24.8 Å². The number of hydrogen-bond acceptors (Lipinski definition) is 8. The minimum absolute atomic E-state index is 0.0457. The Hall–Kier alpha value is -4.36. The lowest BCUT2D eigenvalue weighted by molar-refractivity contribution is -0.137. The summed E-state index contributed by atoms with van der Waals surface area (Å²) in [6, 6.07) is 8.35. The first-order valence-corrected chi connectivity index (χ1v) is 13.9. The third-order valence-corrected chi connectivity index (χ3v) is 6.75. The molecule has 4 rings (SSSR count). The second-order valence-electron chi connectivity index (χ2n) is 10.1. The van der Waals surface area contributed by atoms with Crippen LogP contribution in [0.2, 0.25) is 5.02 Å². The number of benzene rings is 2. The van der Waals surface area contributed by atoms with Crippen LogP contribution in [0.4, 0.5) is 28.9 Å². The van der Waals surface area contributed by atoms with Gasteiger partial charge in [-0.2, -0.15) is 13.2 Å². The minimum atomic E-state index is -4.74. The number of nitrogens with one attached hydrogen (secondary N) is 1. The van der Waals surface area contributed by atoms with Crippen LogP contribution in [0.3, 0.4) is 0 Å². The van der Waals surface area contributed by atoms with E-state index in [-0.39, 0.29) is 28.0 Å². The van der Waals surface area contributed by atoms with E-state index in [0.717, 1.165) is 24.3 Å². The third-order valence-electron chi connectivity index (χ3n) is 6.47. The van der Waals surface area contributed by atoms with Crippen LogP contribution in [0.5, 0.6) is 11.6 Å². The van der Waals surface area contributed by atoms with Gasteiger partial charge in [-0.05, 0) is 69.5 Å². The van der Waals surface area contributed by atoms with Crippen molar-refractivity contribution >= 4 is 28.9 Å². The van der Waals surface area contributed by atoms with Crippen LogP contribution in [0, 0.1) is 5.82 Å². The van der Waals surface area contributed by atoms with Crippen molar-refractivity contribution in [3.63, 3.8) is 0 Å². The molecule has 0 aliphatic heterocycles. The van der Waals surface area contributed by atoms with Gasteiger partial charge >= 0.3 is 6.18 Å². The number of aryl methyl sites for hydroxylation is 1. The number of alkyl halides is 3. The van der Waals surface area contributed by atoms with Gasteiger partial charge in [0.1, 0.15) is 23.7 Å². The lowest BCUT2D eigenvalue weighted by Gasteiger charge is -2.26. The quantitative estimate of drug-likeness (QED) is 0.182. The predicted molar refractivity (Wildman–Crippen MR) is 160 cm³/mol. The van der Waals surface area contributed by atoms with Crippen molar-refractivity contribution in [1.29, 1.82) is 0 Å². The fourth-order valence-electron chi connectivity index (χ4n) is 4.30. The van der Waals surface area contributed by atoms with Crippen LogP contribution in [-0.4, -0.2) is 65.0 Å². The van der Waals surface area contributed by atoms with E-state index in [4.69, 9.17) is 16.3 Å². The summed E-state index contributed by atoms with van der Waals surface area (Å²) < 4.78 is 61.9. The van der Waals surface area contributed by atoms with E-state index in [2.05, 4.69) is 25.3 Å². The highest BCUT2D eigenvalue weighted by molar-refractivity contribution is 6.34. The lowest BCUT2D eigenvalue weighted by atomic mass is 10.1. The maximum absolute atomic E-state index is 15.0. The number of hydrogen-bond donors (Lipinski definition) is 1. The summed E-state index contributed by atoms with van der Waals surface area (Å²) in [5, 5.41) is 2.21. The summed E-state index contributed by atoms with van der Waals surface area (Å²) in [4.78, 5) is 33.8. The molecule has 0 spiro atoms. The zero-order valence-electron chi connectivity index (χ0n) is 24.4. The molecule has 9 nitrogen and oxygen atoms in total. The first-order chi connectivity index (χ1) is 20.9. The van der Waals surface area contributed by atoms with Gasteiger partial charge in [-0.25, -0.2) is 24.3 Å². The van der Waals surface area contributed by atoms with Crippen molar-refractivity contribution in [2.45, 2.75) is 25.9 Å². The van der Waals surface area contributed by atoms with Crippen LogP contribution in [0.25, 0.3) is 11.4 Å². The van der Waals surface area contributed by atoms with E-state index in [1.165, 1.54) is 18.6 Å². The van der Waals surface area contributed by atoms with Gasteiger partial charge in [0.15, 0.2) is 5.82 Å². The molecule has 0 unspecified atom stereocenters. The van der Waals surface area contributed by atoms with E-state index >= 15 is 0 Å². The number of aromatic nitrogens is 4. The molecule has 0 saturated heterocycles. The number of nitrogens with zero attached hydrogens (tertiary/aromatic N) is 6. The molecule has 0 radical (unpaired) electrons. The molecule has 0 saturated carbocycles. The van der Waals surface area contributed by atoms with Gasteiger partial charge < -0.3 is 19.9 Å². The largest absolute Gasteiger partial charge is 0.438 e. The van der Waals surface area contributed by atoms with Crippen LogP contribution >= 0.6 is 11.6 Å². The number of pyridine rings is 1. The molecule has 232 valence electrons. The van der Waals surface area contributed by atoms with E-state index in [1.807, 2.05) is 25.9 Å². The first-order valence-electron chi connectivity index (χ1n) is 13.6. The molecule has 1 N–H and O–H groups in total. The van der Waals surface area contributed by atoms with Crippen molar-refractivity contribution in [3.05, 3.63) is 82.8 Å². The number of ether oxygens (including phenoxy) is 1. The number of carbonyl (C=O) groups is 1. The number of carbonyl (C=O) groups excluding carboxylic acids is 1. The summed E-state index contributed by atoms with van der Waals surface area (Å²) in [7, 11) is 5.44. The zero-order valence-corrected chi connectivity index (χ0v) is 25.2. The molecule has 0 aliphatic carbocycles. The van der Waals surface area contributed by atoms with Crippen LogP contribution in [0.1, 0.15) is 35.1 Å². The summed E-state index contributed by atoms with van der Waals surface area (Å²) in [6.45, 7) is 3.04. The monoisotopic (exact) mass is 631 g/mol.